The van der Waals surface area contributed by atoms with E-state index in [1.54, 1.807) is 19.1 Å². The largest absolute Gasteiger partial charge is 0.494 e. The molecule has 0 spiro atoms. The number of benzene rings is 2. The second-order valence-corrected chi connectivity index (χ2v) is 8.68. The van der Waals surface area contributed by atoms with Gasteiger partial charge in [-0.25, -0.2) is 0 Å². The van der Waals surface area contributed by atoms with Crippen LogP contribution < -0.4 is 19.7 Å². The molecular weight excluding hydrogens is 428 g/mol. The van der Waals surface area contributed by atoms with Gasteiger partial charge in [-0.3, -0.25) is 4.79 Å². The van der Waals surface area contributed by atoms with Crippen molar-refractivity contribution in [1.29, 1.82) is 0 Å². The fourth-order valence-electron chi connectivity index (χ4n) is 3.92. The van der Waals surface area contributed by atoms with Gasteiger partial charge in [-0.1, -0.05) is 25.1 Å². The van der Waals surface area contributed by atoms with E-state index in [1.807, 2.05) is 55.5 Å². The minimum absolute atomic E-state index is 0.227. The van der Waals surface area contributed by atoms with Gasteiger partial charge in [-0.05, 0) is 69.0 Å². The molecule has 7 nitrogen and oxygen atoms in total. The number of rotatable bonds is 8. The number of carbonyl (C=O) groups is 1. The number of ether oxygens (including phenoxy) is 2. The summed E-state index contributed by atoms with van der Waals surface area (Å²) >= 11 is 0. The van der Waals surface area contributed by atoms with Crippen LogP contribution in [0.1, 0.15) is 33.6 Å². The van der Waals surface area contributed by atoms with Crippen LogP contribution in [-0.4, -0.2) is 41.9 Å². The highest BCUT2D eigenvalue weighted by molar-refractivity contribution is 5.94. The number of aromatic nitrogens is 2. The molecule has 1 N–H and O–H groups in total. The first kappa shape index (κ1) is 23.5. The average molecular weight is 461 g/mol. The van der Waals surface area contributed by atoms with Crippen molar-refractivity contribution >= 4 is 17.4 Å². The van der Waals surface area contributed by atoms with Crippen LogP contribution in [0.2, 0.25) is 0 Å². The van der Waals surface area contributed by atoms with E-state index in [4.69, 9.17) is 9.47 Å². The molecule has 1 aliphatic heterocycles. The van der Waals surface area contributed by atoms with Crippen molar-refractivity contribution in [3.63, 3.8) is 0 Å². The molecule has 7 heteroatoms. The van der Waals surface area contributed by atoms with Gasteiger partial charge in [0.15, 0.2) is 11.9 Å². The minimum atomic E-state index is -0.660. The van der Waals surface area contributed by atoms with E-state index >= 15 is 0 Å². The Hall–Kier alpha value is -3.61. The summed E-state index contributed by atoms with van der Waals surface area (Å²) in [7, 11) is 0. The summed E-state index contributed by atoms with van der Waals surface area (Å²) in [6.07, 6.45) is 1.73. The molecule has 178 valence electrons. The van der Waals surface area contributed by atoms with Crippen LogP contribution >= 0.6 is 0 Å². The van der Waals surface area contributed by atoms with Crippen LogP contribution in [0.25, 0.3) is 11.3 Å². The Labute approximate surface area is 201 Å². The number of anilines is 2. The van der Waals surface area contributed by atoms with E-state index in [2.05, 4.69) is 27.3 Å². The Morgan fingerprint density at radius 1 is 1.06 bits per heavy atom. The van der Waals surface area contributed by atoms with Gasteiger partial charge in [-0.15, -0.1) is 10.2 Å². The zero-order valence-electron chi connectivity index (χ0n) is 20.0. The van der Waals surface area contributed by atoms with Crippen molar-refractivity contribution in [3.05, 3.63) is 60.7 Å². The molecular formula is C27H32N4O3. The number of piperidine rings is 1. The highest BCUT2D eigenvalue weighted by atomic mass is 16.5. The fourth-order valence-corrected chi connectivity index (χ4v) is 3.92. The van der Waals surface area contributed by atoms with Crippen molar-refractivity contribution in [1.82, 2.24) is 10.2 Å². The number of amides is 1. The highest BCUT2D eigenvalue weighted by Gasteiger charge is 2.18. The van der Waals surface area contributed by atoms with E-state index in [9.17, 15) is 4.79 Å². The summed E-state index contributed by atoms with van der Waals surface area (Å²) in [5.41, 5.74) is 2.44. The molecule has 1 aromatic heterocycles. The van der Waals surface area contributed by atoms with E-state index in [0.717, 1.165) is 36.1 Å². The standard InChI is InChI=1S/C27H32N4O3/c1-4-33-23-6-5-7-24(18-23)34-20(3)27(32)28-22-10-8-21(9-11-22)25-12-13-26(30-29-25)31-16-14-19(2)15-17-31/h5-13,18-20H,4,14-17H2,1-3H3,(H,28,32). The molecule has 1 amide bonds. The molecule has 1 aliphatic rings. The number of hydrogen-bond donors (Lipinski definition) is 1. The molecule has 1 unspecified atom stereocenters. The van der Waals surface area contributed by atoms with Gasteiger partial charge < -0.3 is 19.7 Å². The maximum absolute atomic E-state index is 12.6. The third kappa shape index (κ3) is 6.04. The van der Waals surface area contributed by atoms with Gasteiger partial charge in [0.05, 0.1) is 12.3 Å². The van der Waals surface area contributed by atoms with Gasteiger partial charge in [0.2, 0.25) is 0 Å². The molecule has 0 radical (unpaired) electrons. The molecule has 2 heterocycles. The van der Waals surface area contributed by atoms with Gasteiger partial charge in [0.25, 0.3) is 5.91 Å². The summed E-state index contributed by atoms with van der Waals surface area (Å²) in [6.45, 7) is 8.58. The molecule has 1 atom stereocenters. The van der Waals surface area contributed by atoms with Crippen LogP contribution in [0.15, 0.2) is 60.7 Å². The Bertz CT molecular complexity index is 1080. The lowest BCUT2D eigenvalue weighted by Crippen LogP contribution is -2.33. The SMILES string of the molecule is CCOc1cccc(OC(C)C(=O)Nc2ccc(-c3ccc(N4CCC(C)CC4)nn3)cc2)c1. The van der Waals surface area contributed by atoms with Crippen molar-refractivity contribution in [2.45, 2.75) is 39.7 Å². The van der Waals surface area contributed by atoms with Crippen LogP contribution in [0.5, 0.6) is 11.5 Å². The summed E-state index contributed by atoms with van der Waals surface area (Å²) in [5, 5.41) is 11.8. The Kier molecular flexibility index (Phi) is 7.62. The summed E-state index contributed by atoms with van der Waals surface area (Å²) < 4.78 is 11.3. The number of nitrogens with zero attached hydrogens (tertiary/aromatic N) is 3. The maximum Gasteiger partial charge on any atom is 0.265 e. The van der Waals surface area contributed by atoms with Crippen molar-refractivity contribution < 1.29 is 14.3 Å². The molecule has 0 aliphatic carbocycles. The fraction of sp³-hybridized carbons (Fsp3) is 0.370. The predicted molar refractivity (Wildman–Crippen MR) is 134 cm³/mol. The van der Waals surface area contributed by atoms with Crippen molar-refractivity contribution in [2.24, 2.45) is 5.92 Å². The first-order chi connectivity index (χ1) is 16.5. The first-order valence-electron chi connectivity index (χ1n) is 11.9. The van der Waals surface area contributed by atoms with Crippen LogP contribution in [0.4, 0.5) is 11.5 Å². The second kappa shape index (κ2) is 11.0. The predicted octanol–water partition coefficient (Wildman–Crippen LogP) is 5.18. The number of nitrogens with one attached hydrogen (secondary N) is 1. The second-order valence-electron chi connectivity index (χ2n) is 8.68. The zero-order valence-corrected chi connectivity index (χ0v) is 20.0. The van der Waals surface area contributed by atoms with Gasteiger partial charge in [-0.2, -0.15) is 0 Å². The number of hydrogen-bond acceptors (Lipinski definition) is 6. The molecule has 1 saturated heterocycles. The smallest absolute Gasteiger partial charge is 0.265 e. The van der Waals surface area contributed by atoms with Crippen molar-refractivity contribution in [2.75, 3.05) is 29.9 Å². The Balaban J connectivity index is 1.33. The van der Waals surface area contributed by atoms with Crippen molar-refractivity contribution in [3.8, 4) is 22.8 Å². The van der Waals surface area contributed by atoms with Crippen LogP contribution in [0.3, 0.4) is 0 Å². The van der Waals surface area contributed by atoms with Gasteiger partial charge in [0, 0.05) is 30.4 Å². The number of carbonyl (C=O) groups excluding carboxylic acids is 1. The molecule has 0 bridgehead atoms. The molecule has 34 heavy (non-hydrogen) atoms. The van der Waals surface area contributed by atoms with Crippen LogP contribution in [0, 0.1) is 5.92 Å². The highest BCUT2D eigenvalue weighted by Crippen LogP contribution is 2.24. The lowest BCUT2D eigenvalue weighted by atomic mass is 9.99. The van der Waals surface area contributed by atoms with E-state index < -0.39 is 6.10 Å². The average Bonchev–Trinajstić information content (AvgIpc) is 2.85. The van der Waals surface area contributed by atoms with E-state index in [0.29, 0.717) is 23.8 Å². The van der Waals surface area contributed by atoms with Gasteiger partial charge in [0.1, 0.15) is 11.5 Å². The third-order valence-corrected chi connectivity index (χ3v) is 6.00. The minimum Gasteiger partial charge on any atom is -0.494 e. The zero-order chi connectivity index (χ0) is 23.9. The molecule has 3 aromatic rings. The summed E-state index contributed by atoms with van der Waals surface area (Å²) in [5.74, 6) is 2.79. The normalized spacial score (nSPS) is 15.0. The summed E-state index contributed by atoms with van der Waals surface area (Å²) in [4.78, 5) is 14.9. The quantitative estimate of drug-likeness (QED) is 0.499. The molecule has 1 fully saturated rings. The van der Waals surface area contributed by atoms with Gasteiger partial charge >= 0.3 is 0 Å². The lowest BCUT2D eigenvalue weighted by Gasteiger charge is -2.30. The maximum atomic E-state index is 12.6. The lowest BCUT2D eigenvalue weighted by molar-refractivity contribution is -0.122. The topological polar surface area (TPSA) is 76.6 Å². The third-order valence-electron chi connectivity index (χ3n) is 6.00. The Morgan fingerprint density at radius 2 is 1.79 bits per heavy atom. The summed E-state index contributed by atoms with van der Waals surface area (Å²) in [6, 6.07) is 18.9. The van der Waals surface area contributed by atoms with E-state index in [-0.39, 0.29) is 5.91 Å². The monoisotopic (exact) mass is 460 g/mol. The van der Waals surface area contributed by atoms with Crippen LogP contribution in [-0.2, 0) is 4.79 Å². The Morgan fingerprint density at radius 3 is 2.47 bits per heavy atom. The molecule has 4 rings (SSSR count). The van der Waals surface area contributed by atoms with E-state index in [1.165, 1.54) is 12.8 Å². The molecule has 0 saturated carbocycles. The molecule has 2 aromatic carbocycles. The first-order valence-corrected chi connectivity index (χ1v) is 11.9.